The quantitative estimate of drug-likeness (QED) is 0.840. The maximum atomic E-state index is 12.9. The summed E-state index contributed by atoms with van der Waals surface area (Å²) in [7, 11) is 0. The van der Waals surface area contributed by atoms with Gasteiger partial charge in [-0.25, -0.2) is 4.98 Å². The molecule has 4 rings (SSSR count). The van der Waals surface area contributed by atoms with Gasteiger partial charge < -0.3 is 14.5 Å². The fourth-order valence-electron chi connectivity index (χ4n) is 3.62. The highest BCUT2D eigenvalue weighted by atomic mass is 32.1. The SMILES string of the molecule is C[C@@H]1CN(C(=O)[C@@H]2CCCN(c3nc4ccccc4s3)C2)CCO1. The van der Waals surface area contributed by atoms with Crippen LogP contribution in [-0.4, -0.2) is 54.7 Å². The number of hydrogen-bond donors (Lipinski definition) is 0. The number of morpholine rings is 1. The minimum atomic E-state index is 0.0797. The Balaban J connectivity index is 1.47. The average Bonchev–Trinajstić information content (AvgIpc) is 3.05. The van der Waals surface area contributed by atoms with Gasteiger partial charge in [-0.3, -0.25) is 4.79 Å². The van der Waals surface area contributed by atoms with Gasteiger partial charge in [0.05, 0.1) is 28.8 Å². The summed E-state index contributed by atoms with van der Waals surface area (Å²) in [6, 6.07) is 8.23. The monoisotopic (exact) mass is 345 g/mol. The number of fused-ring (bicyclic) bond motifs is 1. The van der Waals surface area contributed by atoms with Crippen molar-refractivity contribution >= 4 is 32.6 Å². The minimum Gasteiger partial charge on any atom is -0.375 e. The van der Waals surface area contributed by atoms with Crippen molar-refractivity contribution in [2.75, 3.05) is 37.7 Å². The van der Waals surface area contributed by atoms with E-state index in [0.717, 1.165) is 49.7 Å². The van der Waals surface area contributed by atoms with Crippen LogP contribution in [0.5, 0.6) is 0 Å². The van der Waals surface area contributed by atoms with Crippen molar-refractivity contribution in [1.29, 1.82) is 0 Å². The third-order valence-electron chi connectivity index (χ3n) is 4.88. The summed E-state index contributed by atoms with van der Waals surface area (Å²) in [6.45, 7) is 5.90. The number of thiazole rings is 1. The van der Waals surface area contributed by atoms with Gasteiger partial charge in [-0.2, -0.15) is 0 Å². The highest BCUT2D eigenvalue weighted by molar-refractivity contribution is 7.22. The van der Waals surface area contributed by atoms with Crippen molar-refractivity contribution in [3.8, 4) is 0 Å². The molecule has 128 valence electrons. The van der Waals surface area contributed by atoms with E-state index in [1.165, 1.54) is 4.70 Å². The van der Waals surface area contributed by atoms with Crippen molar-refractivity contribution in [1.82, 2.24) is 9.88 Å². The van der Waals surface area contributed by atoms with Crippen LogP contribution in [-0.2, 0) is 9.53 Å². The Labute approximate surface area is 146 Å². The maximum Gasteiger partial charge on any atom is 0.227 e. The predicted octanol–water partition coefficient (Wildman–Crippen LogP) is 2.76. The predicted molar refractivity (Wildman–Crippen MR) is 96.6 cm³/mol. The van der Waals surface area contributed by atoms with Gasteiger partial charge in [0.15, 0.2) is 5.13 Å². The van der Waals surface area contributed by atoms with Gasteiger partial charge in [-0.15, -0.1) is 0 Å². The molecule has 1 aromatic heterocycles. The third kappa shape index (κ3) is 3.13. The lowest BCUT2D eigenvalue weighted by molar-refractivity contribution is -0.142. The number of rotatable bonds is 2. The molecule has 24 heavy (non-hydrogen) atoms. The molecule has 2 saturated heterocycles. The molecule has 0 aliphatic carbocycles. The normalized spacial score (nSPS) is 25.2. The number of piperidine rings is 1. The molecule has 2 atom stereocenters. The third-order valence-corrected chi connectivity index (χ3v) is 5.97. The van der Waals surface area contributed by atoms with Crippen LogP contribution in [0.2, 0.25) is 0 Å². The lowest BCUT2D eigenvalue weighted by Gasteiger charge is -2.37. The fourth-order valence-corrected chi connectivity index (χ4v) is 4.63. The Morgan fingerprint density at radius 3 is 3.00 bits per heavy atom. The molecule has 0 saturated carbocycles. The Morgan fingerprint density at radius 1 is 1.29 bits per heavy atom. The smallest absolute Gasteiger partial charge is 0.227 e. The van der Waals surface area contributed by atoms with E-state index in [-0.39, 0.29) is 17.9 Å². The van der Waals surface area contributed by atoms with Crippen LogP contribution in [0.3, 0.4) is 0 Å². The van der Waals surface area contributed by atoms with Crippen molar-refractivity contribution in [3.63, 3.8) is 0 Å². The first-order valence-corrected chi connectivity index (χ1v) is 9.53. The number of aromatic nitrogens is 1. The molecule has 0 radical (unpaired) electrons. The van der Waals surface area contributed by atoms with Crippen molar-refractivity contribution < 1.29 is 9.53 Å². The van der Waals surface area contributed by atoms with Gasteiger partial charge in [-0.05, 0) is 31.9 Å². The van der Waals surface area contributed by atoms with E-state index in [0.29, 0.717) is 6.61 Å². The highest BCUT2D eigenvalue weighted by Gasteiger charge is 2.32. The molecular formula is C18H23N3O2S. The number of amides is 1. The second kappa shape index (κ2) is 6.69. The molecule has 5 nitrogen and oxygen atoms in total. The Hall–Kier alpha value is -1.66. The minimum absolute atomic E-state index is 0.0797. The lowest BCUT2D eigenvalue weighted by atomic mass is 9.96. The molecule has 2 fully saturated rings. The van der Waals surface area contributed by atoms with Crippen LogP contribution in [0.4, 0.5) is 5.13 Å². The molecular weight excluding hydrogens is 322 g/mol. The van der Waals surface area contributed by atoms with Gasteiger partial charge in [0.2, 0.25) is 5.91 Å². The van der Waals surface area contributed by atoms with E-state index >= 15 is 0 Å². The van der Waals surface area contributed by atoms with Crippen molar-refractivity contribution in [2.24, 2.45) is 5.92 Å². The van der Waals surface area contributed by atoms with Crippen LogP contribution < -0.4 is 4.90 Å². The number of benzene rings is 1. The Bertz CT molecular complexity index is 699. The standard InChI is InChI=1S/C18H23N3O2S/c1-13-11-20(9-10-23-13)17(22)14-5-4-8-21(12-14)18-19-15-6-2-3-7-16(15)24-18/h2-3,6-7,13-14H,4-5,8-12H2,1H3/t13-,14-/m1/s1. The molecule has 2 aromatic rings. The van der Waals surface area contributed by atoms with Crippen molar-refractivity contribution in [2.45, 2.75) is 25.9 Å². The number of anilines is 1. The molecule has 1 aromatic carbocycles. The first-order valence-electron chi connectivity index (χ1n) is 8.71. The van der Waals surface area contributed by atoms with E-state index in [1.54, 1.807) is 11.3 Å². The zero-order valence-electron chi connectivity index (χ0n) is 14.0. The van der Waals surface area contributed by atoms with Crippen LogP contribution in [0.15, 0.2) is 24.3 Å². The van der Waals surface area contributed by atoms with E-state index in [1.807, 2.05) is 24.0 Å². The van der Waals surface area contributed by atoms with E-state index < -0.39 is 0 Å². The first-order chi connectivity index (χ1) is 11.7. The number of hydrogen-bond acceptors (Lipinski definition) is 5. The van der Waals surface area contributed by atoms with E-state index in [4.69, 9.17) is 9.72 Å². The highest BCUT2D eigenvalue weighted by Crippen LogP contribution is 2.32. The summed E-state index contributed by atoms with van der Waals surface area (Å²) >= 11 is 1.72. The van der Waals surface area contributed by atoms with Gasteiger partial charge in [0.1, 0.15) is 0 Å². The van der Waals surface area contributed by atoms with Crippen LogP contribution in [0.1, 0.15) is 19.8 Å². The summed E-state index contributed by atoms with van der Waals surface area (Å²) in [5.41, 5.74) is 1.05. The second-order valence-electron chi connectivity index (χ2n) is 6.71. The molecule has 2 aliphatic rings. The Morgan fingerprint density at radius 2 is 2.17 bits per heavy atom. The zero-order chi connectivity index (χ0) is 16.5. The van der Waals surface area contributed by atoms with Crippen molar-refractivity contribution in [3.05, 3.63) is 24.3 Å². The Kier molecular flexibility index (Phi) is 4.41. The lowest BCUT2D eigenvalue weighted by Crippen LogP contribution is -2.50. The molecule has 0 N–H and O–H groups in total. The van der Waals surface area contributed by atoms with E-state index in [9.17, 15) is 4.79 Å². The summed E-state index contributed by atoms with van der Waals surface area (Å²) in [5.74, 6) is 0.368. The maximum absolute atomic E-state index is 12.9. The van der Waals surface area contributed by atoms with E-state index in [2.05, 4.69) is 17.0 Å². The number of nitrogens with zero attached hydrogens (tertiary/aromatic N) is 3. The summed E-state index contributed by atoms with van der Waals surface area (Å²) < 4.78 is 6.77. The topological polar surface area (TPSA) is 45.7 Å². The molecule has 0 bridgehead atoms. The number of ether oxygens (including phenoxy) is 1. The molecule has 6 heteroatoms. The number of para-hydroxylation sites is 1. The largest absolute Gasteiger partial charge is 0.375 e. The summed E-state index contributed by atoms with van der Waals surface area (Å²) in [4.78, 5) is 21.9. The molecule has 0 unspecified atom stereocenters. The average molecular weight is 345 g/mol. The zero-order valence-corrected chi connectivity index (χ0v) is 14.8. The van der Waals surface area contributed by atoms with Gasteiger partial charge in [0, 0.05) is 26.2 Å². The first kappa shape index (κ1) is 15.8. The van der Waals surface area contributed by atoms with Gasteiger partial charge in [-0.1, -0.05) is 23.5 Å². The molecule has 0 spiro atoms. The van der Waals surface area contributed by atoms with Crippen LogP contribution in [0, 0.1) is 5.92 Å². The van der Waals surface area contributed by atoms with Gasteiger partial charge >= 0.3 is 0 Å². The number of carbonyl (C=O) groups excluding carboxylic acids is 1. The van der Waals surface area contributed by atoms with Crippen LogP contribution in [0.25, 0.3) is 10.2 Å². The molecule has 1 amide bonds. The van der Waals surface area contributed by atoms with Gasteiger partial charge in [0.25, 0.3) is 0 Å². The second-order valence-corrected chi connectivity index (χ2v) is 7.72. The van der Waals surface area contributed by atoms with Crippen LogP contribution >= 0.6 is 11.3 Å². The molecule has 2 aliphatic heterocycles. The fraction of sp³-hybridized carbons (Fsp3) is 0.556. The summed E-state index contributed by atoms with van der Waals surface area (Å²) in [5, 5.41) is 1.05. The molecule has 3 heterocycles. The summed E-state index contributed by atoms with van der Waals surface area (Å²) in [6.07, 6.45) is 2.17. The number of carbonyl (C=O) groups is 1.